The van der Waals surface area contributed by atoms with Crippen LogP contribution in [0.1, 0.15) is 7.43 Å². The third kappa shape index (κ3) is 6.28. The van der Waals surface area contributed by atoms with Gasteiger partial charge in [0.2, 0.25) is 0 Å². The Morgan fingerprint density at radius 2 is 1.43 bits per heavy atom. The molecule has 0 aromatic rings. The predicted octanol–water partition coefficient (Wildman–Crippen LogP) is 2.89. The fraction of sp³-hybridized carbons (Fsp3) is 1.00. The molecule has 0 unspecified atom stereocenters. The molecule has 0 atom stereocenters. The smallest absolute Gasteiger partial charge is 0.0616 e. The van der Waals surface area contributed by atoms with Crippen LogP contribution in [0.4, 0.5) is 0 Å². The van der Waals surface area contributed by atoms with Gasteiger partial charge in [-0.1, -0.05) is 29.0 Å². The van der Waals surface area contributed by atoms with Crippen LogP contribution < -0.4 is 0 Å². The first-order chi connectivity index (χ1) is 2.50. The molecule has 0 bridgehead atoms. The Morgan fingerprint density at radius 1 is 1.00 bits per heavy atom. The van der Waals surface area contributed by atoms with Gasteiger partial charge in [0.05, 0.1) is 5.08 Å². The molecule has 0 aromatic heterocycles. The van der Waals surface area contributed by atoms with Crippen molar-refractivity contribution in [1.29, 1.82) is 0 Å². The molecule has 1 heterocycles. The van der Waals surface area contributed by atoms with Crippen LogP contribution >= 0.6 is 41.2 Å². The number of hydrogen-bond acceptors (Lipinski definition) is 4. The molecule has 7 heavy (non-hydrogen) atoms. The van der Waals surface area contributed by atoms with Gasteiger partial charge < -0.3 is 0 Å². The zero-order chi connectivity index (χ0) is 3.54. The summed E-state index contributed by atoms with van der Waals surface area (Å²) in [6, 6.07) is 0. The third-order valence-electron chi connectivity index (χ3n) is 0.220. The SMILES string of the molecule is C.C1SSSS1.[Na]. The minimum Gasteiger partial charge on any atom is -0.0776 e. The summed E-state index contributed by atoms with van der Waals surface area (Å²) in [5, 5.41) is 1.26. The largest absolute Gasteiger partial charge is 0.0776 e. The maximum absolute atomic E-state index is 1.92. The maximum atomic E-state index is 1.92. The molecule has 1 fully saturated rings. The molecule has 0 amide bonds. The van der Waals surface area contributed by atoms with Crippen LogP contribution in [0, 0.1) is 0 Å². The topological polar surface area (TPSA) is 0 Å². The van der Waals surface area contributed by atoms with E-state index in [2.05, 4.69) is 0 Å². The molecule has 5 heteroatoms. The first-order valence-corrected chi connectivity index (χ1v) is 6.23. The van der Waals surface area contributed by atoms with Crippen LogP contribution in [0.15, 0.2) is 0 Å². The summed E-state index contributed by atoms with van der Waals surface area (Å²) in [5.41, 5.74) is 0. The monoisotopic (exact) mass is 181 g/mol. The normalized spacial score (nSPS) is 17.1. The van der Waals surface area contributed by atoms with Gasteiger partial charge in [0.1, 0.15) is 0 Å². The molecule has 1 rings (SSSR count). The Bertz CT molecular complexity index is 21.3. The molecule has 39 valence electrons. The van der Waals surface area contributed by atoms with Crippen molar-refractivity contribution in [2.75, 3.05) is 5.08 Å². The van der Waals surface area contributed by atoms with E-state index in [-0.39, 0.29) is 37.0 Å². The van der Waals surface area contributed by atoms with Crippen LogP contribution in [0.2, 0.25) is 0 Å². The van der Waals surface area contributed by atoms with Crippen molar-refractivity contribution < 1.29 is 0 Å². The number of rotatable bonds is 0. The molecule has 1 aliphatic heterocycles. The van der Waals surface area contributed by atoms with Gasteiger partial charge in [0.15, 0.2) is 0 Å². The van der Waals surface area contributed by atoms with Gasteiger partial charge in [-0.15, -0.1) is 0 Å². The molecular weight excluding hydrogens is 175 g/mol. The van der Waals surface area contributed by atoms with E-state index in [0.717, 1.165) is 0 Å². The molecule has 0 aromatic carbocycles. The van der Waals surface area contributed by atoms with Crippen molar-refractivity contribution in [2.24, 2.45) is 0 Å². The van der Waals surface area contributed by atoms with E-state index in [1.54, 1.807) is 0 Å². The minimum atomic E-state index is 0. The summed E-state index contributed by atoms with van der Waals surface area (Å²) < 4.78 is 0. The first-order valence-electron chi connectivity index (χ1n) is 1.08. The van der Waals surface area contributed by atoms with Gasteiger partial charge in [0.25, 0.3) is 0 Å². The fourth-order valence-electron chi connectivity index (χ4n) is 0.0982. The van der Waals surface area contributed by atoms with Crippen LogP contribution in [0.25, 0.3) is 0 Å². The van der Waals surface area contributed by atoms with Crippen molar-refractivity contribution >= 4 is 70.8 Å². The molecule has 0 N–H and O–H groups in total. The van der Waals surface area contributed by atoms with Crippen LogP contribution in [-0.4, -0.2) is 34.6 Å². The minimum absolute atomic E-state index is 0. The Morgan fingerprint density at radius 3 is 1.57 bits per heavy atom. The molecule has 0 aliphatic carbocycles. The summed E-state index contributed by atoms with van der Waals surface area (Å²) >= 11 is 0. The molecule has 0 nitrogen and oxygen atoms in total. The van der Waals surface area contributed by atoms with E-state index < -0.39 is 0 Å². The second-order valence-electron chi connectivity index (χ2n) is 0.490. The van der Waals surface area contributed by atoms with Crippen molar-refractivity contribution in [3.8, 4) is 0 Å². The summed E-state index contributed by atoms with van der Waals surface area (Å²) in [6.45, 7) is 0. The van der Waals surface area contributed by atoms with E-state index in [1.807, 2.05) is 41.2 Å². The average Bonchev–Trinajstić information content (AvgIpc) is 1.76. The summed E-state index contributed by atoms with van der Waals surface area (Å²) in [5.74, 6) is 0. The van der Waals surface area contributed by atoms with Gasteiger partial charge in [-0.05, 0) is 19.7 Å². The van der Waals surface area contributed by atoms with Gasteiger partial charge in [-0.2, -0.15) is 0 Å². The molecule has 0 spiro atoms. The second-order valence-corrected chi connectivity index (χ2v) is 6.86. The van der Waals surface area contributed by atoms with E-state index in [0.29, 0.717) is 0 Å². The summed E-state index contributed by atoms with van der Waals surface area (Å²) in [7, 11) is 7.57. The molecular formula is C2H6NaS4. The molecule has 1 radical (unpaired) electrons. The average molecular weight is 181 g/mol. The molecule has 0 saturated carbocycles. The quantitative estimate of drug-likeness (QED) is 0.416. The number of hydrogen-bond donors (Lipinski definition) is 0. The Labute approximate surface area is 82.2 Å². The van der Waals surface area contributed by atoms with E-state index in [9.17, 15) is 0 Å². The maximum Gasteiger partial charge on any atom is 0.0616 e. The zero-order valence-corrected chi connectivity index (χ0v) is 8.61. The predicted molar refractivity (Wildman–Crippen MR) is 47.7 cm³/mol. The fourth-order valence-corrected chi connectivity index (χ4v) is 7.95. The molecule has 1 saturated heterocycles. The van der Waals surface area contributed by atoms with E-state index in [4.69, 9.17) is 0 Å². The van der Waals surface area contributed by atoms with E-state index in [1.165, 1.54) is 5.08 Å². The zero-order valence-electron chi connectivity index (χ0n) is 3.34. The van der Waals surface area contributed by atoms with Crippen molar-refractivity contribution in [1.82, 2.24) is 0 Å². The Balaban J connectivity index is 0. The van der Waals surface area contributed by atoms with Gasteiger partial charge in [-0.3, -0.25) is 0 Å². The van der Waals surface area contributed by atoms with Crippen molar-refractivity contribution in [3.63, 3.8) is 0 Å². The second kappa shape index (κ2) is 8.40. The van der Waals surface area contributed by atoms with Crippen LogP contribution in [-0.2, 0) is 0 Å². The summed E-state index contributed by atoms with van der Waals surface area (Å²) in [4.78, 5) is 0. The summed E-state index contributed by atoms with van der Waals surface area (Å²) in [6.07, 6.45) is 0. The van der Waals surface area contributed by atoms with Crippen molar-refractivity contribution in [3.05, 3.63) is 0 Å². The van der Waals surface area contributed by atoms with Gasteiger partial charge >= 0.3 is 0 Å². The van der Waals surface area contributed by atoms with Crippen LogP contribution in [0.3, 0.4) is 0 Å². The third-order valence-corrected chi connectivity index (χ3v) is 7.45. The van der Waals surface area contributed by atoms with Gasteiger partial charge in [0, 0.05) is 29.6 Å². The standard InChI is InChI=1S/CH2S4.CH4.Na/c1-2-4-5-3-1;;/h1H2;1H4;. The van der Waals surface area contributed by atoms with Gasteiger partial charge in [-0.25, -0.2) is 0 Å². The van der Waals surface area contributed by atoms with Crippen LogP contribution in [0.5, 0.6) is 0 Å². The van der Waals surface area contributed by atoms with Crippen molar-refractivity contribution in [2.45, 2.75) is 7.43 Å². The first kappa shape index (κ1) is 12.1. The molecule has 1 aliphatic rings. The Kier molecular flexibility index (Phi) is 14.5. The Hall–Kier alpha value is 2.40. The van der Waals surface area contributed by atoms with E-state index >= 15 is 0 Å².